The lowest BCUT2D eigenvalue weighted by Gasteiger charge is -2.29. The molecule has 2 N–H and O–H groups in total. The largest absolute Gasteiger partial charge is 0.496 e. The molecule has 2 aromatic rings. The SMILES string of the molecule is COc1nccc(C(=O)NC2(CO)CCc3c(OC)cccc32)n1. The van der Waals surface area contributed by atoms with Crippen LogP contribution in [0.15, 0.2) is 30.5 Å². The number of amides is 1. The van der Waals surface area contributed by atoms with Crippen LogP contribution in [-0.2, 0) is 12.0 Å². The van der Waals surface area contributed by atoms with E-state index in [1.165, 1.54) is 19.4 Å². The van der Waals surface area contributed by atoms with Crippen molar-refractivity contribution in [1.29, 1.82) is 0 Å². The van der Waals surface area contributed by atoms with Crippen LogP contribution in [-0.4, -0.2) is 41.8 Å². The summed E-state index contributed by atoms with van der Waals surface area (Å²) >= 11 is 0. The number of methoxy groups -OCH3 is 2. The molecule has 1 atom stereocenters. The van der Waals surface area contributed by atoms with Crippen LogP contribution in [0.3, 0.4) is 0 Å². The van der Waals surface area contributed by atoms with Gasteiger partial charge in [0.1, 0.15) is 11.4 Å². The van der Waals surface area contributed by atoms with E-state index < -0.39 is 5.54 Å². The molecule has 7 heteroatoms. The lowest BCUT2D eigenvalue weighted by Crippen LogP contribution is -2.47. The predicted molar refractivity (Wildman–Crippen MR) is 86.1 cm³/mol. The highest BCUT2D eigenvalue weighted by Crippen LogP contribution is 2.41. The number of hydrogen-bond donors (Lipinski definition) is 2. The van der Waals surface area contributed by atoms with E-state index in [-0.39, 0.29) is 24.2 Å². The van der Waals surface area contributed by atoms with Gasteiger partial charge >= 0.3 is 6.01 Å². The molecule has 1 aromatic heterocycles. The Bertz CT molecular complexity index is 765. The Morgan fingerprint density at radius 3 is 2.88 bits per heavy atom. The van der Waals surface area contributed by atoms with Gasteiger partial charge in [-0.25, -0.2) is 4.98 Å². The molecule has 0 spiro atoms. The Hall–Kier alpha value is -2.67. The average molecular weight is 329 g/mol. The number of fused-ring (bicyclic) bond motifs is 1. The van der Waals surface area contributed by atoms with E-state index in [1.807, 2.05) is 18.2 Å². The van der Waals surface area contributed by atoms with Gasteiger partial charge in [0.2, 0.25) is 0 Å². The number of rotatable bonds is 5. The minimum atomic E-state index is -0.848. The van der Waals surface area contributed by atoms with Crippen LogP contribution >= 0.6 is 0 Å². The van der Waals surface area contributed by atoms with Crippen LogP contribution in [0.5, 0.6) is 11.8 Å². The van der Waals surface area contributed by atoms with E-state index in [0.717, 1.165) is 16.9 Å². The summed E-state index contributed by atoms with van der Waals surface area (Å²) in [5.74, 6) is 0.376. The van der Waals surface area contributed by atoms with Crippen molar-refractivity contribution in [3.63, 3.8) is 0 Å². The van der Waals surface area contributed by atoms with Crippen molar-refractivity contribution < 1.29 is 19.4 Å². The summed E-state index contributed by atoms with van der Waals surface area (Å²) in [6.45, 7) is -0.207. The number of nitrogens with one attached hydrogen (secondary N) is 1. The van der Waals surface area contributed by atoms with Crippen LogP contribution in [0.1, 0.15) is 28.0 Å². The van der Waals surface area contributed by atoms with Crippen molar-refractivity contribution in [2.75, 3.05) is 20.8 Å². The van der Waals surface area contributed by atoms with Crippen LogP contribution in [0.25, 0.3) is 0 Å². The van der Waals surface area contributed by atoms with Gasteiger partial charge < -0.3 is 19.9 Å². The number of aliphatic hydroxyl groups excluding tert-OH is 1. The van der Waals surface area contributed by atoms with Gasteiger partial charge in [-0.2, -0.15) is 4.98 Å². The van der Waals surface area contributed by atoms with E-state index >= 15 is 0 Å². The summed E-state index contributed by atoms with van der Waals surface area (Å²) in [6.07, 6.45) is 2.76. The molecule has 1 amide bonds. The highest BCUT2D eigenvalue weighted by Gasteiger charge is 2.41. The number of hydrogen-bond acceptors (Lipinski definition) is 6. The first-order chi connectivity index (χ1) is 11.6. The van der Waals surface area contributed by atoms with Crippen LogP contribution in [0.2, 0.25) is 0 Å². The Morgan fingerprint density at radius 1 is 1.33 bits per heavy atom. The first-order valence-corrected chi connectivity index (χ1v) is 7.60. The second-order valence-corrected chi connectivity index (χ2v) is 5.61. The summed E-state index contributed by atoms with van der Waals surface area (Å²) in [6, 6.07) is 7.26. The molecule has 0 bridgehead atoms. The molecule has 126 valence electrons. The van der Waals surface area contributed by atoms with E-state index in [1.54, 1.807) is 7.11 Å². The summed E-state index contributed by atoms with van der Waals surface area (Å²) in [7, 11) is 3.05. The third-order valence-electron chi connectivity index (χ3n) is 4.34. The highest BCUT2D eigenvalue weighted by atomic mass is 16.5. The lowest BCUT2D eigenvalue weighted by atomic mass is 9.92. The molecule has 1 unspecified atom stereocenters. The molecule has 1 heterocycles. The van der Waals surface area contributed by atoms with Crippen LogP contribution in [0.4, 0.5) is 0 Å². The van der Waals surface area contributed by atoms with Crippen molar-refractivity contribution in [3.05, 3.63) is 47.3 Å². The van der Waals surface area contributed by atoms with Gasteiger partial charge in [-0.3, -0.25) is 4.79 Å². The lowest BCUT2D eigenvalue weighted by molar-refractivity contribution is 0.0822. The maximum absolute atomic E-state index is 12.6. The van der Waals surface area contributed by atoms with Crippen molar-refractivity contribution in [2.45, 2.75) is 18.4 Å². The number of benzene rings is 1. The minimum absolute atomic E-state index is 0.120. The van der Waals surface area contributed by atoms with Crippen molar-refractivity contribution in [1.82, 2.24) is 15.3 Å². The molecule has 0 aliphatic heterocycles. The second kappa shape index (κ2) is 6.45. The third kappa shape index (κ3) is 2.67. The Balaban J connectivity index is 1.92. The molecule has 1 aliphatic rings. The fraction of sp³-hybridized carbons (Fsp3) is 0.353. The predicted octanol–water partition coefficient (Wildman–Crippen LogP) is 1.06. The number of nitrogens with zero attached hydrogens (tertiary/aromatic N) is 2. The molecule has 3 rings (SSSR count). The monoisotopic (exact) mass is 329 g/mol. The highest BCUT2D eigenvalue weighted by molar-refractivity contribution is 5.93. The number of carbonyl (C=O) groups is 1. The molecule has 7 nitrogen and oxygen atoms in total. The molecule has 1 aromatic carbocycles. The maximum atomic E-state index is 12.6. The number of carbonyl (C=O) groups excluding carboxylic acids is 1. The van der Waals surface area contributed by atoms with Crippen LogP contribution in [0, 0.1) is 0 Å². The fourth-order valence-corrected chi connectivity index (χ4v) is 3.12. The van der Waals surface area contributed by atoms with Gasteiger partial charge in [0, 0.05) is 6.20 Å². The van der Waals surface area contributed by atoms with Crippen molar-refractivity contribution >= 4 is 5.91 Å². The molecule has 0 fully saturated rings. The molecular weight excluding hydrogens is 310 g/mol. The molecule has 24 heavy (non-hydrogen) atoms. The van der Waals surface area contributed by atoms with Crippen molar-refractivity contribution in [2.24, 2.45) is 0 Å². The fourth-order valence-electron chi connectivity index (χ4n) is 3.12. The third-order valence-corrected chi connectivity index (χ3v) is 4.34. The van der Waals surface area contributed by atoms with E-state index in [9.17, 15) is 9.90 Å². The van der Waals surface area contributed by atoms with Gasteiger partial charge in [-0.05, 0) is 36.1 Å². The van der Waals surface area contributed by atoms with Crippen molar-refractivity contribution in [3.8, 4) is 11.8 Å². The summed E-state index contributed by atoms with van der Waals surface area (Å²) in [5, 5.41) is 12.9. The topological polar surface area (TPSA) is 93.6 Å². The number of ether oxygens (including phenoxy) is 2. The van der Waals surface area contributed by atoms with Gasteiger partial charge in [0.05, 0.1) is 26.4 Å². The standard InChI is InChI=1S/C17H19N3O4/c1-23-14-5-3-4-12-11(14)6-8-17(12,10-21)20-15(22)13-7-9-18-16(19-13)24-2/h3-5,7,9,21H,6,8,10H2,1-2H3,(H,20,22). The normalized spacial score (nSPS) is 18.8. The smallest absolute Gasteiger partial charge is 0.316 e. The summed E-state index contributed by atoms with van der Waals surface area (Å²) in [4.78, 5) is 20.5. The zero-order valence-electron chi connectivity index (χ0n) is 13.6. The quantitative estimate of drug-likeness (QED) is 0.852. The Kier molecular flexibility index (Phi) is 4.35. The Morgan fingerprint density at radius 2 is 2.17 bits per heavy atom. The van der Waals surface area contributed by atoms with E-state index in [2.05, 4.69) is 15.3 Å². The molecule has 1 aliphatic carbocycles. The van der Waals surface area contributed by atoms with Gasteiger partial charge in [-0.15, -0.1) is 0 Å². The molecule has 0 saturated heterocycles. The first-order valence-electron chi connectivity index (χ1n) is 7.60. The zero-order valence-corrected chi connectivity index (χ0v) is 13.6. The maximum Gasteiger partial charge on any atom is 0.316 e. The Labute approximate surface area is 139 Å². The average Bonchev–Trinajstić information content (AvgIpc) is 3.01. The van der Waals surface area contributed by atoms with Gasteiger partial charge in [-0.1, -0.05) is 12.1 Å². The van der Waals surface area contributed by atoms with Gasteiger partial charge in [0.15, 0.2) is 0 Å². The number of aliphatic hydroxyl groups is 1. The molecular formula is C17H19N3O4. The minimum Gasteiger partial charge on any atom is -0.496 e. The van der Waals surface area contributed by atoms with E-state index in [0.29, 0.717) is 12.8 Å². The van der Waals surface area contributed by atoms with Gasteiger partial charge in [0.25, 0.3) is 5.91 Å². The second-order valence-electron chi connectivity index (χ2n) is 5.61. The molecule has 0 radical (unpaired) electrons. The number of aromatic nitrogens is 2. The zero-order chi connectivity index (χ0) is 17.2. The summed E-state index contributed by atoms with van der Waals surface area (Å²) < 4.78 is 10.3. The first kappa shape index (κ1) is 16.2. The molecule has 0 saturated carbocycles. The van der Waals surface area contributed by atoms with E-state index in [4.69, 9.17) is 9.47 Å². The van der Waals surface area contributed by atoms with Crippen LogP contribution < -0.4 is 14.8 Å². The summed E-state index contributed by atoms with van der Waals surface area (Å²) in [5.41, 5.74) is 1.22.